The summed E-state index contributed by atoms with van der Waals surface area (Å²) in [5.74, 6) is 0.661. The lowest BCUT2D eigenvalue weighted by atomic mass is 9.89. The van der Waals surface area contributed by atoms with E-state index in [0.717, 1.165) is 0 Å². The zero-order chi connectivity index (χ0) is 7.94. The fraction of sp³-hybridized carbons (Fsp3) is 0.750. The number of allylic oxidation sites excluding steroid dienone is 1. The average molecular weight is 151 g/mol. The van der Waals surface area contributed by atoms with E-state index in [1.54, 1.807) is 6.20 Å². The van der Waals surface area contributed by atoms with E-state index in [0.29, 0.717) is 5.92 Å². The van der Waals surface area contributed by atoms with Gasteiger partial charge in [-0.05, 0) is 30.5 Å². The third kappa shape index (κ3) is 3.10. The fourth-order valence-corrected chi connectivity index (χ4v) is 1.52. The fourth-order valence-electron chi connectivity index (χ4n) is 1.52. The molecule has 0 atom stereocenters. The maximum absolute atomic E-state index is 8.00. The molecular weight excluding hydrogens is 138 g/mol. The molecule has 0 radical (unpaired) electrons. The third-order valence-electron chi connectivity index (χ3n) is 2.13. The minimum absolute atomic E-state index is 0.661. The largest absolute Gasteiger partial charge is 0.0792 e. The second-order valence-corrected chi connectivity index (χ2v) is 2.94. The Labute approximate surface area is 66.7 Å². The van der Waals surface area contributed by atoms with Crippen LogP contribution in [-0.4, -0.2) is 0 Å². The van der Waals surface area contributed by atoms with Crippen molar-refractivity contribution in [3.05, 3.63) is 22.7 Å². The van der Waals surface area contributed by atoms with E-state index in [1.807, 2.05) is 6.08 Å². The first-order chi connectivity index (χ1) is 5.43. The first kappa shape index (κ1) is 8.15. The van der Waals surface area contributed by atoms with Gasteiger partial charge in [-0.25, -0.2) is 0 Å². The first-order valence-corrected chi connectivity index (χ1v) is 4.14. The Hall–Kier alpha value is -0.950. The summed E-state index contributed by atoms with van der Waals surface area (Å²) >= 11 is 0. The predicted molar refractivity (Wildman–Crippen MR) is 44.9 cm³/mol. The van der Waals surface area contributed by atoms with Gasteiger partial charge in [0.15, 0.2) is 0 Å². The smallest absolute Gasteiger partial charge is 0.00474 e. The van der Waals surface area contributed by atoms with Crippen molar-refractivity contribution in [3.8, 4) is 0 Å². The van der Waals surface area contributed by atoms with Crippen molar-refractivity contribution < 1.29 is 0 Å². The van der Waals surface area contributed by atoms with Gasteiger partial charge in [-0.1, -0.05) is 30.5 Å². The van der Waals surface area contributed by atoms with Crippen LogP contribution in [0, 0.1) is 5.92 Å². The highest BCUT2D eigenvalue weighted by molar-refractivity contribution is 4.88. The minimum Gasteiger partial charge on any atom is -0.0792 e. The summed E-state index contributed by atoms with van der Waals surface area (Å²) in [5.41, 5.74) is 8.00. The molecule has 0 N–H and O–H groups in total. The molecule has 1 rings (SSSR count). The third-order valence-corrected chi connectivity index (χ3v) is 2.13. The molecule has 1 aliphatic carbocycles. The van der Waals surface area contributed by atoms with Gasteiger partial charge in [-0.3, -0.25) is 0 Å². The lowest BCUT2D eigenvalue weighted by molar-refractivity contribution is 0.419. The van der Waals surface area contributed by atoms with Crippen molar-refractivity contribution in [1.29, 1.82) is 0 Å². The van der Waals surface area contributed by atoms with E-state index < -0.39 is 0 Å². The summed E-state index contributed by atoms with van der Waals surface area (Å²) in [6, 6.07) is 0. The Morgan fingerprint density at radius 2 is 2.00 bits per heavy atom. The van der Waals surface area contributed by atoms with Gasteiger partial charge in [0.2, 0.25) is 0 Å². The van der Waals surface area contributed by atoms with Crippen LogP contribution in [0.4, 0.5) is 0 Å². The molecule has 3 heteroatoms. The Bertz CT molecular complexity index is 174. The maximum Gasteiger partial charge on any atom is 0.00474 e. The molecule has 0 spiro atoms. The monoisotopic (exact) mass is 151 g/mol. The van der Waals surface area contributed by atoms with E-state index >= 15 is 0 Å². The van der Waals surface area contributed by atoms with E-state index in [4.69, 9.17) is 5.53 Å². The highest BCUT2D eigenvalue weighted by Gasteiger charge is 2.08. The Balaban J connectivity index is 2.28. The standard InChI is InChI=1S/C8H13N3/c9-11-10-7-6-8-4-2-1-3-5-8/h6-8H,1-5H2/b7-6+. The topological polar surface area (TPSA) is 48.8 Å². The summed E-state index contributed by atoms with van der Waals surface area (Å²) in [4.78, 5) is 2.66. The van der Waals surface area contributed by atoms with Crippen molar-refractivity contribution in [3.63, 3.8) is 0 Å². The zero-order valence-corrected chi connectivity index (χ0v) is 6.61. The summed E-state index contributed by atoms with van der Waals surface area (Å²) in [5, 5.41) is 3.37. The molecule has 0 saturated heterocycles. The van der Waals surface area contributed by atoms with E-state index in [9.17, 15) is 0 Å². The normalized spacial score (nSPS) is 20.0. The van der Waals surface area contributed by atoms with Crippen LogP contribution < -0.4 is 0 Å². The second-order valence-electron chi connectivity index (χ2n) is 2.94. The molecule has 0 amide bonds. The quantitative estimate of drug-likeness (QED) is 0.330. The predicted octanol–water partition coefficient (Wildman–Crippen LogP) is 3.39. The van der Waals surface area contributed by atoms with Crippen LogP contribution in [-0.2, 0) is 0 Å². The maximum atomic E-state index is 8.00. The van der Waals surface area contributed by atoms with Gasteiger partial charge >= 0.3 is 0 Å². The van der Waals surface area contributed by atoms with Crippen molar-refractivity contribution in [2.75, 3.05) is 0 Å². The van der Waals surface area contributed by atoms with Gasteiger partial charge in [0.05, 0.1) is 0 Å². The molecule has 0 aromatic heterocycles. The molecule has 0 bridgehead atoms. The average Bonchev–Trinajstić information content (AvgIpc) is 2.07. The lowest BCUT2D eigenvalue weighted by Crippen LogP contribution is -2.01. The molecule has 60 valence electrons. The number of hydrogen-bond acceptors (Lipinski definition) is 1. The van der Waals surface area contributed by atoms with Gasteiger partial charge in [-0.15, -0.1) is 0 Å². The van der Waals surface area contributed by atoms with Gasteiger partial charge in [0.25, 0.3) is 0 Å². The molecule has 0 aromatic rings. The summed E-state index contributed by atoms with van der Waals surface area (Å²) < 4.78 is 0. The van der Waals surface area contributed by atoms with Gasteiger partial charge in [0, 0.05) is 4.91 Å². The molecule has 0 aromatic carbocycles. The zero-order valence-electron chi connectivity index (χ0n) is 6.61. The molecular formula is C8H13N3. The lowest BCUT2D eigenvalue weighted by Gasteiger charge is -2.17. The van der Waals surface area contributed by atoms with Crippen molar-refractivity contribution in [1.82, 2.24) is 0 Å². The number of rotatable bonds is 2. The van der Waals surface area contributed by atoms with Crippen LogP contribution in [0.2, 0.25) is 0 Å². The van der Waals surface area contributed by atoms with Crippen molar-refractivity contribution >= 4 is 0 Å². The highest BCUT2D eigenvalue weighted by atomic mass is 15.1. The first-order valence-electron chi connectivity index (χ1n) is 4.14. The Morgan fingerprint density at radius 1 is 1.27 bits per heavy atom. The number of nitrogens with zero attached hydrogens (tertiary/aromatic N) is 3. The van der Waals surface area contributed by atoms with Crippen LogP contribution in [0.15, 0.2) is 17.4 Å². The van der Waals surface area contributed by atoms with Crippen LogP contribution >= 0.6 is 0 Å². The molecule has 0 unspecified atom stereocenters. The van der Waals surface area contributed by atoms with Crippen molar-refractivity contribution in [2.24, 2.45) is 11.0 Å². The Morgan fingerprint density at radius 3 is 2.64 bits per heavy atom. The minimum atomic E-state index is 0.661. The molecule has 3 nitrogen and oxygen atoms in total. The van der Waals surface area contributed by atoms with Crippen LogP contribution in [0.5, 0.6) is 0 Å². The van der Waals surface area contributed by atoms with Gasteiger partial charge < -0.3 is 0 Å². The van der Waals surface area contributed by atoms with Gasteiger partial charge in [0.1, 0.15) is 0 Å². The van der Waals surface area contributed by atoms with Crippen LogP contribution in [0.25, 0.3) is 10.4 Å². The molecule has 1 aliphatic rings. The second kappa shape index (κ2) is 4.80. The molecule has 1 saturated carbocycles. The summed E-state index contributed by atoms with van der Waals surface area (Å²) in [6.07, 6.45) is 10.1. The van der Waals surface area contributed by atoms with Crippen molar-refractivity contribution in [2.45, 2.75) is 32.1 Å². The SMILES string of the molecule is [N-]=[N+]=N/C=C/C1CCCCC1. The highest BCUT2D eigenvalue weighted by Crippen LogP contribution is 2.24. The number of hydrogen-bond donors (Lipinski definition) is 0. The van der Waals surface area contributed by atoms with E-state index in [2.05, 4.69) is 10.0 Å². The summed E-state index contributed by atoms with van der Waals surface area (Å²) in [6.45, 7) is 0. The van der Waals surface area contributed by atoms with Crippen LogP contribution in [0.3, 0.4) is 0 Å². The molecule has 11 heavy (non-hydrogen) atoms. The molecule has 0 heterocycles. The van der Waals surface area contributed by atoms with E-state index in [1.165, 1.54) is 32.1 Å². The number of azide groups is 1. The molecule has 0 aliphatic heterocycles. The molecule has 1 fully saturated rings. The van der Waals surface area contributed by atoms with Gasteiger partial charge in [-0.2, -0.15) is 0 Å². The Kier molecular flexibility index (Phi) is 3.56. The summed E-state index contributed by atoms with van der Waals surface area (Å²) in [7, 11) is 0. The van der Waals surface area contributed by atoms with Crippen LogP contribution in [0.1, 0.15) is 32.1 Å². The van der Waals surface area contributed by atoms with E-state index in [-0.39, 0.29) is 0 Å².